The Morgan fingerprint density at radius 1 is 0.650 bits per heavy atom. The highest BCUT2D eigenvalue weighted by Gasteiger charge is 2.30. The zero-order valence-corrected chi connectivity index (χ0v) is 36.6. The van der Waals surface area contributed by atoms with Crippen molar-refractivity contribution in [3.05, 3.63) is 88.0 Å². The molecule has 0 spiro atoms. The highest BCUT2D eigenvalue weighted by atomic mass is 16.4. The number of nitrogens with zero attached hydrogens (tertiary/aromatic N) is 3. The second-order valence-electron chi connectivity index (χ2n) is 16.2. The number of nitrogens with one attached hydrogen (secondary N) is 3. The number of carboxylic acids is 3. The average molecular weight is 825 g/mol. The van der Waals surface area contributed by atoms with Crippen molar-refractivity contribution in [3.8, 4) is 0 Å². The van der Waals surface area contributed by atoms with Crippen molar-refractivity contribution < 1.29 is 29.7 Å². The predicted molar refractivity (Wildman–Crippen MR) is 244 cm³/mol. The predicted octanol–water partition coefficient (Wildman–Crippen LogP) is 11.6. The number of hydrazine groups is 1. The van der Waals surface area contributed by atoms with Gasteiger partial charge in [-0.05, 0) is 108 Å². The van der Waals surface area contributed by atoms with Crippen LogP contribution < -0.4 is 16.1 Å². The summed E-state index contributed by atoms with van der Waals surface area (Å²) in [4.78, 5) is 46.3. The minimum Gasteiger partial charge on any atom is -0.478 e. The van der Waals surface area contributed by atoms with Gasteiger partial charge in [-0.25, -0.2) is 29.4 Å². The van der Waals surface area contributed by atoms with E-state index in [2.05, 4.69) is 62.6 Å². The van der Waals surface area contributed by atoms with E-state index in [9.17, 15) is 29.7 Å². The third-order valence-corrected chi connectivity index (χ3v) is 11.8. The van der Waals surface area contributed by atoms with E-state index in [0.29, 0.717) is 47.5 Å². The summed E-state index contributed by atoms with van der Waals surface area (Å²) < 4.78 is 0. The number of benzene rings is 3. The van der Waals surface area contributed by atoms with E-state index in [-0.39, 0.29) is 17.1 Å². The molecular weight excluding hydrogens is 757 g/mol. The molecule has 60 heavy (non-hydrogen) atoms. The highest BCUT2D eigenvalue weighted by molar-refractivity contribution is 6.00. The second-order valence-corrected chi connectivity index (χ2v) is 16.2. The number of rotatable bonds is 26. The molecule has 0 aliphatic carbocycles. The summed E-state index contributed by atoms with van der Waals surface area (Å²) in [5, 5.41) is 38.8. The van der Waals surface area contributed by atoms with Crippen molar-refractivity contribution in [3.63, 3.8) is 0 Å². The van der Waals surface area contributed by atoms with Gasteiger partial charge >= 0.3 is 17.9 Å². The standard InChI is InChI=1S/C48H68N6O6/c1-7-13-16-32(10-4)27-37-30-42(46(59)60)40(28-33(11-5)17-14-8-2)41(29-34(12-6)18-15-9-3)43(37)51-48-52-47(50-38-23-19-35(20-24-38)44(55)56)49-31-54(48)53-39-25-21-36(22-26-39)45(57)58/h19-26,30-34,48,51,53H,7-18,27-29H2,1-6H3,(H,50,52)(H,55,56)(H,57,58)(H,59,60). The molecular formula is C48H68N6O6. The van der Waals surface area contributed by atoms with Crippen molar-refractivity contribution >= 4 is 47.3 Å². The molecule has 4 atom stereocenters. The Labute approximate surface area is 357 Å². The van der Waals surface area contributed by atoms with E-state index in [1.807, 2.05) is 6.07 Å². The maximum absolute atomic E-state index is 13.4. The molecule has 1 heterocycles. The normalized spacial score (nSPS) is 15.2. The van der Waals surface area contributed by atoms with Crippen molar-refractivity contribution in [2.24, 2.45) is 27.7 Å². The quantitative estimate of drug-likeness (QED) is 0.0457. The summed E-state index contributed by atoms with van der Waals surface area (Å²) in [6, 6.07) is 14.7. The van der Waals surface area contributed by atoms with Gasteiger partial charge in [0.15, 0.2) is 0 Å². The van der Waals surface area contributed by atoms with Crippen LogP contribution in [0.5, 0.6) is 0 Å². The zero-order valence-electron chi connectivity index (χ0n) is 36.6. The van der Waals surface area contributed by atoms with Gasteiger partial charge in [-0.15, -0.1) is 0 Å². The lowest BCUT2D eigenvalue weighted by Crippen LogP contribution is -2.46. The van der Waals surface area contributed by atoms with Crippen molar-refractivity contribution in [1.29, 1.82) is 0 Å². The molecule has 0 radical (unpaired) electrons. The van der Waals surface area contributed by atoms with Gasteiger partial charge in [0.05, 0.1) is 22.4 Å². The topological polar surface area (TPSA) is 176 Å². The van der Waals surface area contributed by atoms with E-state index in [4.69, 9.17) is 4.99 Å². The Kier molecular flexibility index (Phi) is 18.9. The molecule has 12 nitrogen and oxygen atoms in total. The molecule has 12 heteroatoms. The summed E-state index contributed by atoms with van der Waals surface area (Å²) in [7, 11) is 0. The van der Waals surface area contributed by atoms with Crippen LogP contribution in [0.4, 0.5) is 17.1 Å². The molecule has 0 bridgehead atoms. The van der Waals surface area contributed by atoms with Crippen LogP contribution in [-0.2, 0) is 19.3 Å². The highest BCUT2D eigenvalue weighted by Crippen LogP contribution is 2.38. The molecule has 1 aliphatic rings. The number of carbonyl (C=O) groups is 3. The van der Waals surface area contributed by atoms with E-state index in [0.717, 1.165) is 106 Å². The molecule has 3 aromatic rings. The number of carboxylic acid groups (broad SMARTS) is 3. The number of unbranched alkanes of at least 4 members (excludes halogenated alkanes) is 3. The van der Waals surface area contributed by atoms with Crippen LogP contribution in [0, 0.1) is 17.8 Å². The van der Waals surface area contributed by atoms with Crippen LogP contribution in [0.2, 0.25) is 0 Å². The van der Waals surface area contributed by atoms with Gasteiger partial charge < -0.3 is 26.0 Å². The van der Waals surface area contributed by atoms with Gasteiger partial charge in [-0.2, -0.15) is 0 Å². The first-order valence-electron chi connectivity index (χ1n) is 22.2. The number of hydrogen-bond acceptors (Lipinski definition) is 9. The number of guanidine groups is 1. The van der Waals surface area contributed by atoms with Gasteiger partial charge in [0, 0.05) is 11.4 Å². The zero-order chi connectivity index (χ0) is 43.6. The number of hydrogen-bond donors (Lipinski definition) is 6. The van der Waals surface area contributed by atoms with Crippen LogP contribution in [-0.4, -0.2) is 56.8 Å². The maximum Gasteiger partial charge on any atom is 0.335 e. The largest absolute Gasteiger partial charge is 0.478 e. The summed E-state index contributed by atoms with van der Waals surface area (Å²) >= 11 is 0. The lowest BCUT2D eigenvalue weighted by molar-refractivity contribution is 0.0684. The average Bonchev–Trinajstić information content (AvgIpc) is 3.24. The SMILES string of the molecule is CCCCC(CC)Cc1cc(C(=O)O)c(CC(CC)CCCC)c(CC(CC)CCCC)c1NC1N=C(Nc2ccc(C(=O)O)cc2)N=CN1Nc1ccc(C(=O)O)cc1. The first-order chi connectivity index (χ1) is 28.9. The first-order valence-corrected chi connectivity index (χ1v) is 22.2. The molecule has 0 amide bonds. The molecule has 0 aromatic heterocycles. The van der Waals surface area contributed by atoms with E-state index >= 15 is 0 Å². The molecule has 3 aromatic carbocycles. The fraction of sp³-hybridized carbons (Fsp3) is 0.521. The molecule has 1 aliphatic heterocycles. The minimum absolute atomic E-state index is 0.160. The third kappa shape index (κ3) is 13.6. The third-order valence-electron chi connectivity index (χ3n) is 11.8. The summed E-state index contributed by atoms with van der Waals surface area (Å²) in [5.41, 5.74) is 9.13. The van der Waals surface area contributed by atoms with E-state index in [1.54, 1.807) is 35.6 Å². The molecule has 6 N–H and O–H groups in total. The summed E-state index contributed by atoms with van der Waals surface area (Å²) in [6.45, 7) is 13.2. The van der Waals surface area contributed by atoms with Crippen LogP contribution in [0.15, 0.2) is 64.6 Å². The van der Waals surface area contributed by atoms with Gasteiger partial charge in [0.1, 0.15) is 6.34 Å². The van der Waals surface area contributed by atoms with Crippen molar-refractivity contribution in [2.75, 3.05) is 16.1 Å². The van der Waals surface area contributed by atoms with Gasteiger partial charge in [0.25, 0.3) is 0 Å². The number of aliphatic imine (C=N–C) groups is 2. The van der Waals surface area contributed by atoms with E-state index < -0.39 is 24.2 Å². The summed E-state index contributed by atoms with van der Waals surface area (Å²) in [5.74, 6) is -1.62. The molecule has 326 valence electrons. The fourth-order valence-electron chi connectivity index (χ4n) is 7.99. The van der Waals surface area contributed by atoms with Crippen LogP contribution in [0.3, 0.4) is 0 Å². The minimum atomic E-state index is -1.02. The Hall–Kier alpha value is -5.39. The molecule has 0 fully saturated rings. The Bertz CT molecular complexity index is 1910. The maximum atomic E-state index is 13.4. The number of anilines is 3. The molecule has 4 rings (SSSR count). The number of aromatic carboxylic acids is 3. The Morgan fingerprint density at radius 3 is 1.60 bits per heavy atom. The Morgan fingerprint density at radius 2 is 1.13 bits per heavy atom. The lowest BCUT2D eigenvalue weighted by atomic mass is 9.80. The van der Waals surface area contributed by atoms with Gasteiger partial charge in [0.2, 0.25) is 12.2 Å². The first kappa shape index (κ1) is 47.3. The fourth-order valence-corrected chi connectivity index (χ4v) is 7.99. The van der Waals surface area contributed by atoms with Crippen LogP contribution in [0.1, 0.15) is 166 Å². The smallest absolute Gasteiger partial charge is 0.335 e. The van der Waals surface area contributed by atoms with Gasteiger partial charge in [-0.3, -0.25) is 5.43 Å². The van der Waals surface area contributed by atoms with Gasteiger partial charge in [-0.1, -0.05) is 119 Å². The van der Waals surface area contributed by atoms with Crippen molar-refractivity contribution in [2.45, 2.75) is 144 Å². The Balaban J connectivity index is 1.95. The summed E-state index contributed by atoms with van der Waals surface area (Å²) in [6.07, 6.45) is 15.4. The van der Waals surface area contributed by atoms with E-state index in [1.165, 1.54) is 24.3 Å². The molecule has 4 unspecified atom stereocenters. The molecule has 0 saturated carbocycles. The van der Waals surface area contributed by atoms with Crippen molar-refractivity contribution in [1.82, 2.24) is 5.01 Å². The molecule has 0 saturated heterocycles. The second kappa shape index (κ2) is 24.0. The van der Waals surface area contributed by atoms with Crippen LogP contribution >= 0.6 is 0 Å². The monoisotopic (exact) mass is 825 g/mol. The lowest BCUT2D eigenvalue weighted by Gasteiger charge is -2.35. The van der Waals surface area contributed by atoms with Crippen LogP contribution in [0.25, 0.3) is 0 Å².